The van der Waals surface area contributed by atoms with Gasteiger partial charge in [-0.05, 0) is 61.2 Å². The summed E-state index contributed by atoms with van der Waals surface area (Å²) in [5, 5.41) is 4.95. The van der Waals surface area contributed by atoms with Crippen LogP contribution in [0.25, 0.3) is 10.9 Å². The van der Waals surface area contributed by atoms with E-state index in [9.17, 15) is 4.79 Å². The average Bonchev–Trinajstić information content (AvgIpc) is 3.29. The third kappa shape index (κ3) is 3.25. The Morgan fingerprint density at radius 3 is 2.48 bits per heavy atom. The van der Waals surface area contributed by atoms with Crippen LogP contribution in [0, 0.1) is 6.92 Å². The van der Waals surface area contributed by atoms with Crippen molar-refractivity contribution in [2.45, 2.75) is 51.4 Å². The minimum absolute atomic E-state index is 0.0494. The molecular formula is C23H25ClN2O. The van der Waals surface area contributed by atoms with Gasteiger partial charge in [0.05, 0.1) is 5.41 Å². The molecule has 1 saturated carbocycles. The molecule has 2 aromatic carbocycles. The molecule has 2 N–H and O–H groups in total. The van der Waals surface area contributed by atoms with E-state index in [1.54, 1.807) is 0 Å². The smallest absolute Gasteiger partial charge is 0.235 e. The Bertz CT molecular complexity index is 1040. The van der Waals surface area contributed by atoms with Gasteiger partial charge in [0, 0.05) is 32.7 Å². The zero-order valence-corrected chi connectivity index (χ0v) is 17.0. The number of nitrogens with one attached hydrogen (secondary N) is 2. The summed E-state index contributed by atoms with van der Waals surface area (Å²) in [5.74, 6) is 0.0494. The molecule has 140 valence electrons. The summed E-state index contributed by atoms with van der Waals surface area (Å²) in [6.45, 7) is 8.53. The summed E-state index contributed by atoms with van der Waals surface area (Å²) in [4.78, 5) is 16.5. The van der Waals surface area contributed by atoms with E-state index >= 15 is 0 Å². The summed E-state index contributed by atoms with van der Waals surface area (Å²) in [7, 11) is 0. The maximum Gasteiger partial charge on any atom is 0.235 e. The number of hydrogen-bond donors (Lipinski definition) is 2. The van der Waals surface area contributed by atoms with Gasteiger partial charge < -0.3 is 10.3 Å². The van der Waals surface area contributed by atoms with Crippen LogP contribution >= 0.6 is 11.6 Å². The lowest BCUT2D eigenvalue weighted by atomic mass is 9.92. The number of H-pyrrole nitrogens is 1. The maximum absolute atomic E-state index is 13.0. The molecule has 1 aliphatic rings. The number of halogens is 1. The van der Waals surface area contributed by atoms with Gasteiger partial charge in [0.2, 0.25) is 5.91 Å². The molecule has 1 fully saturated rings. The van der Waals surface area contributed by atoms with E-state index in [4.69, 9.17) is 11.6 Å². The highest BCUT2D eigenvalue weighted by Gasteiger charge is 2.51. The predicted octanol–water partition coefficient (Wildman–Crippen LogP) is 6.10. The minimum atomic E-state index is -0.443. The van der Waals surface area contributed by atoms with Crippen molar-refractivity contribution < 1.29 is 4.79 Å². The number of anilines is 1. The number of fused-ring (bicyclic) bond motifs is 1. The molecule has 27 heavy (non-hydrogen) atoms. The topological polar surface area (TPSA) is 44.9 Å². The summed E-state index contributed by atoms with van der Waals surface area (Å²) >= 11 is 6.28. The molecule has 3 aromatic rings. The van der Waals surface area contributed by atoms with E-state index in [0.717, 1.165) is 45.6 Å². The Labute approximate surface area is 165 Å². The number of carbonyl (C=O) groups is 1. The van der Waals surface area contributed by atoms with E-state index in [0.29, 0.717) is 0 Å². The maximum atomic E-state index is 13.0. The fraction of sp³-hybridized carbons (Fsp3) is 0.348. The second-order valence-electron chi connectivity index (χ2n) is 8.74. The Morgan fingerprint density at radius 1 is 1.11 bits per heavy atom. The molecule has 0 atom stereocenters. The fourth-order valence-corrected chi connectivity index (χ4v) is 3.71. The van der Waals surface area contributed by atoms with Crippen molar-refractivity contribution in [3.63, 3.8) is 0 Å². The van der Waals surface area contributed by atoms with Crippen molar-refractivity contribution in [2.75, 3.05) is 5.32 Å². The van der Waals surface area contributed by atoms with Crippen LogP contribution in [-0.2, 0) is 15.6 Å². The molecular weight excluding hydrogens is 356 g/mol. The zero-order valence-electron chi connectivity index (χ0n) is 16.2. The number of hydrogen-bond acceptors (Lipinski definition) is 1. The number of amides is 1. The Morgan fingerprint density at radius 2 is 1.85 bits per heavy atom. The first kappa shape index (κ1) is 18.1. The molecule has 0 radical (unpaired) electrons. The van der Waals surface area contributed by atoms with Crippen LogP contribution in [0.4, 0.5) is 5.69 Å². The number of aromatic amines is 1. The van der Waals surface area contributed by atoms with Gasteiger partial charge in [0.15, 0.2) is 0 Å². The molecule has 4 rings (SSSR count). The second-order valence-corrected chi connectivity index (χ2v) is 9.14. The van der Waals surface area contributed by atoms with Crippen LogP contribution < -0.4 is 5.32 Å². The SMILES string of the molecule is Cc1ccc(C2(C(=O)Nc3ccc4[nH]c(C(C)(C)C)cc4c3)CC2)cc1Cl. The predicted molar refractivity (Wildman–Crippen MR) is 113 cm³/mol. The second kappa shape index (κ2) is 6.13. The molecule has 1 aliphatic carbocycles. The monoisotopic (exact) mass is 380 g/mol. The van der Waals surface area contributed by atoms with Crippen LogP contribution in [0.2, 0.25) is 5.02 Å². The summed E-state index contributed by atoms with van der Waals surface area (Å²) in [5.41, 5.74) is 4.76. The first-order valence-electron chi connectivity index (χ1n) is 9.40. The highest BCUT2D eigenvalue weighted by Crippen LogP contribution is 2.49. The lowest BCUT2D eigenvalue weighted by molar-refractivity contribution is -0.118. The first-order valence-corrected chi connectivity index (χ1v) is 9.78. The third-order valence-corrected chi connectivity index (χ3v) is 6.00. The lowest BCUT2D eigenvalue weighted by Crippen LogP contribution is -2.27. The number of benzene rings is 2. The van der Waals surface area contributed by atoms with E-state index in [1.165, 1.54) is 5.69 Å². The summed E-state index contributed by atoms with van der Waals surface area (Å²) in [6.07, 6.45) is 1.72. The molecule has 1 aromatic heterocycles. The van der Waals surface area contributed by atoms with Crippen LogP contribution in [0.5, 0.6) is 0 Å². The number of aromatic nitrogens is 1. The van der Waals surface area contributed by atoms with Gasteiger partial charge in [-0.15, -0.1) is 0 Å². The van der Waals surface area contributed by atoms with E-state index in [-0.39, 0.29) is 11.3 Å². The molecule has 0 spiro atoms. The van der Waals surface area contributed by atoms with Crippen LogP contribution in [0.1, 0.15) is 50.4 Å². The quantitative estimate of drug-likeness (QED) is 0.566. The molecule has 0 unspecified atom stereocenters. The van der Waals surface area contributed by atoms with Crippen LogP contribution in [-0.4, -0.2) is 10.9 Å². The van der Waals surface area contributed by atoms with Crippen molar-refractivity contribution >= 4 is 34.1 Å². The van der Waals surface area contributed by atoms with Crippen molar-refractivity contribution in [1.82, 2.24) is 4.98 Å². The number of aryl methyl sites for hydroxylation is 1. The number of carbonyl (C=O) groups excluding carboxylic acids is 1. The van der Waals surface area contributed by atoms with Crippen molar-refractivity contribution in [1.29, 1.82) is 0 Å². The molecule has 0 aliphatic heterocycles. The standard InChI is InChI=1S/C23H25ClN2O/c1-14-5-6-16(13-18(14)24)23(9-10-23)21(27)25-17-7-8-19-15(11-17)12-20(26-19)22(2,3)4/h5-8,11-13,26H,9-10H2,1-4H3,(H,25,27). The third-order valence-electron chi connectivity index (χ3n) is 5.60. The van der Waals surface area contributed by atoms with Gasteiger partial charge >= 0.3 is 0 Å². The van der Waals surface area contributed by atoms with Gasteiger partial charge in [-0.2, -0.15) is 0 Å². The minimum Gasteiger partial charge on any atom is -0.358 e. The van der Waals surface area contributed by atoms with Gasteiger partial charge in [0.1, 0.15) is 0 Å². The van der Waals surface area contributed by atoms with Gasteiger partial charge in [0.25, 0.3) is 0 Å². The summed E-state index contributed by atoms with van der Waals surface area (Å²) in [6, 6.07) is 14.1. The Kier molecular flexibility index (Phi) is 4.12. The van der Waals surface area contributed by atoms with Gasteiger partial charge in [-0.25, -0.2) is 0 Å². The molecule has 4 heteroatoms. The van der Waals surface area contributed by atoms with Crippen molar-refractivity contribution in [2.24, 2.45) is 0 Å². The molecule has 3 nitrogen and oxygen atoms in total. The Balaban J connectivity index is 1.60. The summed E-state index contributed by atoms with van der Waals surface area (Å²) < 4.78 is 0. The van der Waals surface area contributed by atoms with Crippen molar-refractivity contribution in [3.05, 3.63) is 64.3 Å². The fourth-order valence-electron chi connectivity index (χ4n) is 3.53. The zero-order chi connectivity index (χ0) is 19.4. The van der Waals surface area contributed by atoms with E-state index in [2.05, 4.69) is 37.1 Å². The van der Waals surface area contributed by atoms with Gasteiger partial charge in [-0.3, -0.25) is 4.79 Å². The Hall–Kier alpha value is -2.26. The highest BCUT2D eigenvalue weighted by molar-refractivity contribution is 6.31. The normalized spacial score (nSPS) is 15.7. The van der Waals surface area contributed by atoms with Gasteiger partial charge in [-0.1, -0.05) is 44.5 Å². The first-order chi connectivity index (χ1) is 12.7. The molecule has 0 bridgehead atoms. The van der Waals surface area contributed by atoms with Crippen LogP contribution in [0.15, 0.2) is 42.5 Å². The lowest BCUT2D eigenvalue weighted by Gasteiger charge is -2.17. The molecule has 0 saturated heterocycles. The van der Waals surface area contributed by atoms with Crippen molar-refractivity contribution in [3.8, 4) is 0 Å². The van der Waals surface area contributed by atoms with E-state index in [1.807, 2.05) is 43.3 Å². The molecule has 1 heterocycles. The average molecular weight is 381 g/mol. The highest BCUT2D eigenvalue weighted by atomic mass is 35.5. The van der Waals surface area contributed by atoms with Crippen LogP contribution in [0.3, 0.4) is 0 Å². The largest absolute Gasteiger partial charge is 0.358 e. The van der Waals surface area contributed by atoms with E-state index < -0.39 is 5.41 Å². The molecule has 1 amide bonds. The number of rotatable bonds is 3.